The molecule has 31 heavy (non-hydrogen) atoms. The lowest BCUT2D eigenvalue weighted by molar-refractivity contribution is 0.255. The van der Waals surface area contributed by atoms with Crippen molar-refractivity contribution in [3.05, 3.63) is 74.1 Å². The SMILES string of the molecule is Cc1cc(=O)[nH]c2nc(/C=C/CCCN3CCN(c4cccc(Cl)c4Cl)CC3)ccc12. The lowest BCUT2D eigenvalue weighted by Crippen LogP contribution is -2.46. The maximum absolute atomic E-state index is 11.7. The molecule has 0 atom stereocenters. The van der Waals surface area contributed by atoms with Crippen LogP contribution in [0.15, 0.2) is 47.3 Å². The molecule has 0 radical (unpaired) electrons. The number of H-pyrrole nitrogens is 1. The number of aryl methyl sites for hydroxylation is 1. The number of halogens is 2. The molecular formula is C24H26Cl2N4O. The predicted molar refractivity (Wildman–Crippen MR) is 130 cm³/mol. The van der Waals surface area contributed by atoms with E-state index in [1.807, 2.05) is 43.3 Å². The molecule has 1 saturated heterocycles. The van der Waals surface area contributed by atoms with Crippen LogP contribution in [0, 0.1) is 6.92 Å². The Bertz CT molecular complexity index is 1150. The summed E-state index contributed by atoms with van der Waals surface area (Å²) in [6.07, 6.45) is 6.27. The van der Waals surface area contributed by atoms with Gasteiger partial charge in [0.15, 0.2) is 0 Å². The molecule has 0 amide bonds. The van der Waals surface area contributed by atoms with Crippen molar-refractivity contribution in [3.8, 4) is 0 Å². The van der Waals surface area contributed by atoms with Crippen molar-refractivity contribution < 1.29 is 0 Å². The number of pyridine rings is 2. The molecule has 0 aliphatic carbocycles. The van der Waals surface area contributed by atoms with E-state index in [9.17, 15) is 4.79 Å². The molecule has 3 aromatic rings. The molecule has 7 heteroatoms. The van der Waals surface area contributed by atoms with E-state index in [0.29, 0.717) is 15.7 Å². The van der Waals surface area contributed by atoms with Crippen molar-refractivity contribution in [1.82, 2.24) is 14.9 Å². The number of hydrogen-bond donors (Lipinski definition) is 1. The number of allylic oxidation sites excluding steroid dienone is 1. The number of aromatic amines is 1. The fourth-order valence-electron chi connectivity index (χ4n) is 3.99. The Morgan fingerprint density at radius 1 is 1.13 bits per heavy atom. The average Bonchev–Trinajstić information content (AvgIpc) is 2.75. The summed E-state index contributed by atoms with van der Waals surface area (Å²) >= 11 is 12.5. The molecular weight excluding hydrogens is 431 g/mol. The minimum atomic E-state index is -0.114. The van der Waals surface area contributed by atoms with E-state index in [-0.39, 0.29) is 5.56 Å². The zero-order valence-electron chi connectivity index (χ0n) is 17.6. The summed E-state index contributed by atoms with van der Waals surface area (Å²) < 4.78 is 0. The standard InChI is InChI=1S/C24H26Cl2N4O/c1-17-16-22(31)28-24-19(17)10-9-18(27-24)6-3-2-4-11-29-12-14-30(15-13-29)21-8-5-7-20(25)23(21)26/h3,5-10,16H,2,4,11-15H2,1H3,(H,27,28,31)/b6-3+. The Labute approximate surface area is 192 Å². The Hall–Kier alpha value is -2.34. The van der Waals surface area contributed by atoms with Crippen LogP contribution in [0.25, 0.3) is 17.1 Å². The van der Waals surface area contributed by atoms with E-state index in [2.05, 4.69) is 25.8 Å². The topological polar surface area (TPSA) is 52.2 Å². The molecule has 0 unspecified atom stereocenters. The maximum atomic E-state index is 11.7. The van der Waals surface area contributed by atoms with Gasteiger partial charge in [-0.25, -0.2) is 4.98 Å². The van der Waals surface area contributed by atoms with Crippen LogP contribution in [0.1, 0.15) is 24.1 Å². The molecule has 162 valence electrons. The highest BCUT2D eigenvalue weighted by Gasteiger charge is 2.19. The molecule has 3 heterocycles. The third-order valence-electron chi connectivity index (χ3n) is 5.71. The van der Waals surface area contributed by atoms with E-state index in [4.69, 9.17) is 23.2 Å². The second-order valence-electron chi connectivity index (χ2n) is 7.90. The fraction of sp³-hybridized carbons (Fsp3) is 0.333. The highest BCUT2D eigenvalue weighted by molar-refractivity contribution is 6.43. The van der Waals surface area contributed by atoms with E-state index in [0.717, 1.165) is 67.9 Å². The zero-order valence-corrected chi connectivity index (χ0v) is 19.1. The predicted octanol–water partition coefficient (Wildman–Crippen LogP) is 5.15. The molecule has 0 saturated carbocycles. The summed E-state index contributed by atoms with van der Waals surface area (Å²) in [5, 5.41) is 2.23. The molecule has 5 nitrogen and oxygen atoms in total. The second kappa shape index (κ2) is 9.86. The van der Waals surface area contributed by atoms with E-state index >= 15 is 0 Å². The lowest BCUT2D eigenvalue weighted by atomic mass is 10.1. The molecule has 2 aromatic heterocycles. The van der Waals surface area contributed by atoms with Crippen molar-refractivity contribution in [1.29, 1.82) is 0 Å². The Morgan fingerprint density at radius 2 is 1.94 bits per heavy atom. The summed E-state index contributed by atoms with van der Waals surface area (Å²) in [5.74, 6) is 0. The van der Waals surface area contributed by atoms with Gasteiger partial charge in [0.1, 0.15) is 5.65 Å². The van der Waals surface area contributed by atoms with Crippen LogP contribution >= 0.6 is 23.2 Å². The summed E-state index contributed by atoms with van der Waals surface area (Å²) in [5.41, 5.74) is 3.36. The van der Waals surface area contributed by atoms with Gasteiger partial charge in [-0.3, -0.25) is 9.69 Å². The number of rotatable bonds is 6. The number of benzene rings is 1. The molecule has 0 spiro atoms. The first-order chi connectivity index (χ1) is 15.0. The van der Waals surface area contributed by atoms with Gasteiger partial charge in [0.2, 0.25) is 5.56 Å². The molecule has 1 aliphatic heterocycles. The maximum Gasteiger partial charge on any atom is 0.249 e. The van der Waals surface area contributed by atoms with Crippen LogP contribution in [0.5, 0.6) is 0 Å². The fourth-order valence-corrected chi connectivity index (χ4v) is 4.41. The number of hydrogen-bond acceptors (Lipinski definition) is 4. The number of aromatic nitrogens is 2. The van der Waals surface area contributed by atoms with E-state index < -0.39 is 0 Å². The van der Waals surface area contributed by atoms with Gasteiger partial charge in [0.25, 0.3) is 0 Å². The monoisotopic (exact) mass is 456 g/mol. The van der Waals surface area contributed by atoms with Gasteiger partial charge >= 0.3 is 0 Å². The Kier molecular flexibility index (Phi) is 6.96. The minimum Gasteiger partial charge on any atom is -0.368 e. The summed E-state index contributed by atoms with van der Waals surface area (Å²) in [4.78, 5) is 23.8. The van der Waals surface area contributed by atoms with Crippen LogP contribution in [0.3, 0.4) is 0 Å². The number of nitrogens with zero attached hydrogens (tertiary/aromatic N) is 3. The van der Waals surface area contributed by atoms with Crippen LogP contribution in [0.4, 0.5) is 5.69 Å². The van der Waals surface area contributed by atoms with E-state index in [1.165, 1.54) is 0 Å². The van der Waals surface area contributed by atoms with Crippen molar-refractivity contribution in [2.24, 2.45) is 0 Å². The molecule has 0 bridgehead atoms. The largest absolute Gasteiger partial charge is 0.368 e. The summed E-state index contributed by atoms with van der Waals surface area (Å²) in [6.45, 7) is 6.94. The molecule has 1 aromatic carbocycles. The Balaban J connectivity index is 1.24. The van der Waals surface area contributed by atoms with Crippen LogP contribution in [-0.2, 0) is 0 Å². The molecule has 1 aliphatic rings. The second-order valence-corrected chi connectivity index (χ2v) is 8.68. The van der Waals surface area contributed by atoms with Crippen molar-refractivity contribution >= 4 is 46.0 Å². The van der Waals surface area contributed by atoms with Gasteiger partial charge < -0.3 is 9.88 Å². The number of anilines is 1. The highest BCUT2D eigenvalue weighted by Crippen LogP contribution is 2.32. The van der Waals surface area contributed by atoms with Crippen LogP contribution in [0.2, 0.25) is 10.0 Å². The lowest BCUT2D eigenvalue weighted by Gasteiger charge is -2.36. The van der Waals surface area contributed by atoms with Gasteiger partial charge in [-0.2, -0.15) is 0 Å². The van der Waals surface area contributed by atoms with Gasteiger partial charge in [0, 0.05) is 37.6 Å². The Morgan fingerprint density at radius 3 is 2.74 bits per heavy atom. The highest BCUT2D eigenvalue weighted by atomic mass is 35.5. The molecule has 1 fully saturated rings. The third kappa shape index (κ3) is 5.29. The van der Waals surface area contributed by atoms with Gasteiger partial charge in [-0.1, -0.05) is 35.3 Å². The van der Waals surface area contributed by atoms with Crippen molar-refractivity contribution in [2.75, 3.05) is 37.6 Å². The summed E-state index contributed by atoms with van der Waals surface area (Å²) in [6, 6.07) is 11.4. The molecule has 1 N–H and O–H groups in total. The smallest absolute Gasteiger partial charge is 0.249 e. The number of unbranched alkanes of at least 4 members (excludes halogenated alkanes) is 1. The first-order valence-corrected chi connectivity index (χ1v) is 11.4. The number of nitrogens with one attached hydrogen (secondary N) is 1. The first kappa shape index (κ1) is 21.9. The zero-order chi connectivity index (χ0) is 21.8. The van der Waals surface area contributed by atoms with Gasteiger partial charge in [-0.15, -0.1) is 0 Å². The number of piperazine rings is 1. The van der Waals surface area contributed by atoms with Gasteiger partial charge in [0.05, 0.1) is 21.4 Å². The quantitative estimate of drug-likeness (QED) is 0.520. The van der Waals surface area contributed by atoms with Crippen molar-refractivity contribution in [3.63, 3.8) is 0 Å². The van der Waals surface area contributed by atoms with Gasteiger partial charge in [-0.05, 0) is 62.2 Å². The van der Waals surface area contributed by atoms with Crippen LogP contribution in [-0.4, -0.2) is 47.6 Å². The van der Waals surface area contributed by atoms with E-state index in [1.54, 1.807) is 6.07 Å². The van der Waals surface area contributed by atoms with Crippen LogP contribution < -0.4 is 10.5 Å². The normalized spacial score (nSPS) is 15.3. The first-order valence-electron chi connectivity index (χ1n) is 10.6. The average molecular weight is 457 g/mol. The van der Waals surface area contributed by atoms with Crippen molar-refractivity contribution in [2.45, 2.75) is 19.8 Å². The molecule has 4 rings (SSSR count). The number of fused-ring (bicyclic) bond motifs is 1. The minimum absolute atomic E-state index is 0.114. The third-order valence-corrected chi connectivity index (χ3v) is 6.52. The summed E-state index contributed by atoms with van der Waals surface area (Å²) in [7, 11) is 0.